The summed E-state index contributed by atoms with van der Waals surface area (Å²) in [4.78, 5) is 30.6. The highest BCUT2D eigenvalue weighted by Crippen LogP contribution is 2.50. The first-order valence-corrected chi connectivity index (χ1v) is 10.5. The van der Waals surface area contributed by atoms with Gasteiger partial charge in [0.25, 0.3) is 0 Å². The first kappa shape index (κ1) is 18.1. The average Bonchev–Trinajstić information content (AvgIpc) is 3.05. The number of hydrogen-bond donors (Lipinski definition) is 0. The fourth-order valence-electron chi connectivity index (χ4n) is 5.71. The highest BCUT2D eigenvalue weighted by Gasteiger charge is 2.52. The lowest BCUT2D eigenvalue weighted by Crippen LogP contribution is -2.61. The van der Waals surface area contributed by atoms with E-state index in [1.54, 1.807) is 0 Å². The molecule has 4 fully saturated rings. The number of carbonyl (C=O) groups excluding carboxylic acids is 2. The number of piperidine rings is 1. The quantitative estimate of drug-likeness (QED) is 0.720. The van der Waals surface area contributed by atoms with Crippen molar-refractivity contribution in [2.24, 2.45) is 5.41 Å². The third-order valence-electron chi connectivity index (χ3n) is 7.27. The van der Waals surface area contributed by atoms with Crippen LogP contribution in [0.4, 0.5) is 4.79 Å². The maximum Gasteiger partial charge on any atom is 0.409 e. The SMILES string of the molecule is CCOC(=O)N1CCC2(CC(N3CCC(N4C(=O)C[C@@H]4CC)CC3)C2)C1. The summed E-state index contributed by atoms with van der Waals surface area (Å²) in [6, 6.07) is 1.64. The van der Waals surface area contributed by atoms with Crippen LogP contribution in [0.1, 0.15) is 58.8 Å². The van der Waals surface area contributed by atoms with E-state index in [0.717, 1.165) is 58.3 Å². The predicted molar refractivity (Wildman–Crippen MR) is 98.8 cm³/mol. The molecule has 0 N–H and O–H groups in total. The molecule has 26 heavy (non-hydrogen) atoms. The van der Waals surface area contributed by atoms with Crippen molar-refractivity contribution in [1.29, 1.82) is 0 Å². The number of hydrogen-bond acceptors (Lipinski definition) is 4. The largest absolute Gasteiger partial charge is 0.450 e. The van der Waals surface area contributed by atoms with Gasteiger partial charge in [-0.15, -0.1) is 0 Å². The van der Waals surface area contributed by atoms with Gasteiger partial charge in [-0.1, -0.05) is 6.92 Å². The Labute approximate surface area is 156 Å². The van der Waals surface area contributed by atoms with Crippen LogP contribution in [0.3, 0.4) is 0 Å². The van der Waals surface area contributed by atoms with E-state index in [9.17, 15) is 9.59 Å². The number of carbonyl (C=O) groups is 2. The van der Waals surface area contributed by atoms with Crippen LogP contribution in [0.25, 0.3) is 0 Å². The number of ether oxygens (including phenoxy) is 1. The van der Waals surface area contributed by atoms with Crippen LogP contribution in [0.2, 0.25) is 0 Å². The van der Waals surface area contributed by atoms with Gasteiger partial charge in [0.2, 0.25) is 5.91 Å². The van der Waals surface area contributed by atoms with Gasteiger partial charge in [-0.2, -0.15) is 0 Å². The summed E-state index contributed by atoms with van der Waals surface area (Å²) in [5.41, 5.74) is 0.342. The number of rotatable bonds is 4. The molecule has 6 heteroatoms. The van der Waals surface area contributed by atoms with Gasteiger partial charge in [-0.3, -0.25) is 4.79 Å². The Hall–Kier alpha value is -1.30. The van der Waals surface area contributed by atoms with Crippen LogP contribution in [-0.2, 0) is 9.53 Å². The lowest BCUT2D eigenvalue weighted by atomic mass is 9.64. The second-order valence-corrected chi connectivity index (χ2v) is 8.77. The molecule has 1 saturated carbocycles. The number of nitrogens with zero attached hydrogens (tertiary/aromatic N) is 3. The van der Waals surface area contributed by atoms with Crippen LogP contribution in [0.5, 0.6) is 0 Å². The highest BCUT2D eigenvalue weighted by molar-refractivity contribution is 5.83. The summed E-state index contributed by atoms with van der Waals surface area (Å²) >= 11 is 0. The van der Waals surface area contributed by atoms with E-state index in [1.807, 2.05) is 11.8 Å². The van der Waals surface area contributed by atoms with E-state index in [1.165, 1.54) is 12.8 Å². The van der Waals surface area contributed by atoms with Gasteiger partial charge < -0.3 is 19.4 Å². The van der Waals surface area contributed by atoms with Crippen LogP contribution < -0.4 is 0 Å². The van der Waals surface area contributed by atoms with Crippen molar-refractivity contribution < 1.29 is 14.3 Å². The predicted octanol–water partition coefficient (Wildman–Crippen LogP) is 2.47. The fraction of sp³-hybridized carbons (Fsp3) is 0.900. The molecule has 3 saturated heterocycles. The molecule has 3 aliphatic heterocycles. The third-order valence-corrected chi connectivity index (χ3v) is 7.27. The van der Waals surface area contributed by atoms with Crippen LogP contribution in [0.15, 0.2) is 0 Å². The van der Waals surface area contributed by atoms with Crippen LogP contribution in [-0.4, -0.2) is 77.6 Å². The highest BCUT2D eigenvalue weighted by atomic mass is 16.6. The topological polar surface area (TPSA) is 53.1 Å². The van der Waals surface area contributed by atoms with E-state index >= 15 is 0 Å². The summed E-state index contributed by atoms with van der Waals surface area (Å²) in [7, 11) is 0. The van der Waals surface area contributed by atoms with Crippen molar-refractivity contribution in [3.63, 3.8) is 0 Å². The molecule has 1 spiro atoms. The molecule has 1 aliphatic carbocycles. The number of amides is 2. The van der Waals surface area contributed by atoms with Crippen molar-refractivity contribution in [2.75, 3.05) is 32.8 Å². The summed E-state index contributed by atoms with van der Waals surface area (Å²) in [5.74, 6) is 0.364. The smallest absolute Gasteiger partial charge is 0.409 e. The number of β-lactam (4-membered cyclic amide) rings is 1. The monoisotopic (exact) mass is 363 g/mol. The van der Waals surface area contributed by atoms with Gasteiger partial charge in [0, 0.05) is 50.7 Å². The van der Waals surface area contributed by atoms with E-state index in [4.69, 9.17) is 4.74 Å². The molecular formula is C20H33N3O3. The van der Waals surface area contributed by atoms with Crippen molar-refractivity contribution >= 4 is 12.0 Å². The van der Waals surface area contributed by atoms with Crippen molar-refractivity contribution in [3.8, 4) is 0 Å². The van der Waals surface area contributed by atoms with E-state index < -0.39 is 0 Å². The van der Waals surface area contributed by atoms with Gasteiger partial charge in [-0.05, 0) is 50.9 Å². The molecule has 0 aromatic carbocycles. The first-order chi connectivity index (χ1) is 12.5. The van der Waals surface area contributed by atoms with Gasteiger partial charge in [-0.25, -0.2) is 4.79 Å². The van der Waals surface area contributed by atoms with Crippen molar-refractivity contribution in [2.45, 2.75) is 76.9 Å². The van der Waals surface area contributed by atoms with Gasteiger partial charge in [0.05, 0.1) is 6.61 Å². The molecule has 0 aromatic rings. The molecule has 0 bridgehead atoms. The van der Waals surface area contributed by atoms with E-state index in [0.29, 0.717) is 36.1 Å². The first-order valence-electron chi connectivity index (χ1n) is 10.5. The standard InChI is InChI=1S/C20H33N3O3/c1-3-15-11-18(24)23(15)16-5-8-21(9-6-16)17-12-20(13-17)7-10-22(14-20)19(25)26-4-2/h15-17H,3-14H2,1-2H3/t15-,17?,20?/m0/s1. The summed E-state index contributed by atoms with van der Waals surface area (Å²) in [5, 5.41) is 0. The van der Waals surface area contributed by atoms with E-state index in [-0.39, 0.29) is 6.09 Å². The maximum atomic E-state index is 12.0. The zero-order chi connectivity index (χ0) is 18.3. The fourth-order valence-corrected chi connectivity index (χ4v) is 5.71. The summed E-state index contributed by atoms with van der Waals surface area (Å²) in [6.07, 6.45) is 7.52. The summed E-state index contributed by atoms with van der Waals surface area (Å²) in [6.45, 7) is 8.47. The van der Waals surface area contributed by atoms with Crippen molar-refractivity contribution in [3.05, 3.63) is 0 Å². The molecule has 6 nitrogen and oxygen atoms in total. The zero-order valence-corrected chi connectivity index (χ0v) is 16.3. The third kappa shape index (κ3) is 3.10. The minimum absolute atomic E-state index is 0.140. The Bertz CT molecular complexity index is 553. The Morgan fingerprint density at radius 2 is 1.88 bits per heavy atom. The molecule has 4 rings (SSSR count). The number of likely N-dealkylation sites (tertiary alicyclic amines) is 3. The van der Waals surface area contributed by atoms with Crippen LogP contribution in [0, 0.1) is 5.41 Å². The molecule has 1 atom stereocenters. The van der Waals surface area contributed by atoms with Crippen molar-refractivity contribution in [1.82, 2.24) is 14.7 Å². The molecule has 0 unspecified atom stereocenters. The van der Waals surface area contributed by atoms with Gasteiger partial charge in [0.1, 0.15) is 0 Å². The molecule has 4 aliphatic rings. The second-order valence-electron chi connectivity index (χ2n) is 8.77. The van der Waals surface area contributed by atoms with Gasteiger partial charge in [0.15, 0.2) is 0 Å². The lowest BCUT2D eigenvalue weighted by molar-refractivity contribution is -0.152. The Balaban J connectivity index is 1.23. The lowest BCUT2D eigenvalue weighted by Gasteiger charge is -2.53. The molecule has 2 amide bonds. The molecule has 0 radical (unpaired) electrons. The molecule has 3 heterocycles. The second kappa shape index (κ2) is 7.02. The molecule has 0 aromatic heterocycles. The normalized spacial score (nSPS) is 35.5. The average molecular weight is 364 g/mol. The Morgan fingerprint density at radius 3 is 2.50 bits per heavy atom. The minimum Gasteiger partial charge on any atom is -0.450 e. The van der Waals surface area contributed by atoms with Crippen LogP contribution >= 0.6 is 0 Å². The summed E-state index contributed by atoms with van der Waals surface area (Å²) < 4.78 is 5.15. The Kier molecular flexibility index (Phi) is 4.88. The van der Waals surface area contributed by atoms with Gasteiger partial charge >= 0.3 is 6.09 Å². The van der Waals surface area contributed by atoms with E-state index in [2.05, 4.69) is 16.7 Å². The zero-order valence-electron chi connectivity index (χ0n) is 16.3. The Morgan fingerprint density at radius 1 is 1.15 bits per heavy atom. The molecule has 146 valence electrons. The minimum atomic E-state index is -0.140. The maximum absolute atomic E-state index is 12.0. The molecular weight excluding hydrogens is 330 g/mol.